The molecule has 0 aliphatic heterocycles. The first-order valence-corrected chi connectivity index (χ1v) is 26.7. The molecule has 0 bridgehead atoms. The molecule has 0 aromatic heterocycles. The number of hydrogen-bond acceptors (Lipinski definition) is 8. The summed E-state index contributed by atoms with van der Waals surface area (Å²) in [5.41, 5.74) is 5.35. The van der Waals surface area contributed by atoms with Crippen LogP contribution in [0.3, 0.4) is 0 Å². The van der Waals surface area contributed by atoms with E-state index < -0.39 is 26.5 Å². The summed E-state index contributed by atoms with van der Waals surface area (Å²) >= 11 is 0. The molecule has 0 aliphatic rings. The minimum absolute atomic E-state index is 0.0548. The van der Waals surface area contributed by atoms with Crippen LogP contribution in [0.15, 0.2) is 12.2 Å². The molecule has 0 aromatic carbocycles. The van der Waals surface area contributed by atoms with Crippen molar-refractivity contribution in [3.63, 3.8) is 0 Å². The van der Waals surface area contributed by atoms with Crippen LogP contribution in [0.5, 0.6) is 0 Å². The molecule has 0 radical (unpaired) electrons. The van der Waals surface area contributed by atoms with Gasteiger partial charge in [-0.3, -0.25) is 18.6 Å². The molecule has 350 valence electrons. The van der Waals surface area contributed by atoms with Gasteiger partial charge in [-0.05, 0) is 32.1 Å². The molecule has 0 amide bonds. The fraction of sp³-hybridized carbons (Fsp3) is 0.918. The minimum Gasteiger partial charge on any atom is -0.462 e. The molecule has 59 heavy (non-hydrogen) atoms. The van der Waals surface area contributed by atoms with Crippen LogP contribution in [0.4, 0.5) is 0 Å². The summed E-state index contributed by atoms with van der Waals surface area (Å²) < 4.78 is 32.8. The van der Waals surface area contributed by atoms with E-state index in [4.69, 9.17) is 24.3 Å². The van der Waals surface area contributed by atoms with Crippen molar-refractivity contribution in [2.45, 2.75) is 264 Å². The van der Waals surface area contributed by atoms with Gasteiger partial charge in [-0.15, -0.1) is 0 Å². The summed E-state index contributed by atoms with van der Waals surface area (Å²) in [6, 6.07) is 0. The van der Waals surface area contributed by atoms with E-state index in [1.165, 1.54) is 167 Å². The number of ether oxygens (including phenoxy) is 2. The lowest BCUT2D eigenvalue weighted by Gasteiger charge is -2.19. The van der Waals surface area contributed by atoms with Crippen molar-refractivity contribution in [2.24, 2.45) is 5.73 Å². The number of allylic oxidation sites excluding steroid dienone is 2. The molecule has 0 spiro atoms. The van der Waals surface area contributed by atoms with Crippen molar-refractivity contribution in [1.29, 1.82) is 0 Å². The number of phosphoric ester groups is 1. The van der Waals surface area contributed by atoms with E-state index in [0.717, 1.165) is 57.8 Å². The van der Waals surface area contributed by atoms with E-state index in [-0.39, 0.29) is 38.6 Å². The zero-order chi connectivity index (χ0) is 43.2. The monoisotopic (exact) mass is 858 g/mol. The normalized spacial score (nSPS) is 13.2. The van der Waals surface area contributed by atoms with Crippen LogP contribution in [0, 0.1) is 0 Å². The SMILES string of the molecule is CCCC/C=C\CCCCCCCC(=O)OC(COC(=O)CCCCCCCCCCCCCCCCCCCCCCCCCCCCC)COP(=O)(O)OCCN. The number of carbonyl (C=O) groups is 2. The molecule has 0 saturated carbocycles. The van der Waals surface area contributed by atoms with Crippen LogP contribution < -0.4 is 5.73 Å². The number of carbonyl (C=O) groups excluding carboxylic acids is 2. The summed E-state index contributed by atoms with van der Waals surface area (Å²) in [4.78, 5) is 34.9. The van der Waals surface area contributed by atoms with Crippen LogP contribution >= 0.6 is 7.82 Å². The Morgan fingerprint density at radius 3 is 1.25 bits per heavy atom. The molecule has 10 heteroatoms. The number of rotatable bonds is 48. The van der Waals surface area contributed by atoms with E-state index >= 15 is 0 Å². The summed E-state index contributed by atoms with van der Waals surface area (Å²) in [7, 11) is -4.37. The third kappa shape index (κ3) is 46.1. The van der Waals surface area contributed by atoms with Gasteiger partial charge in [-0.1, -0.05) is 225 Å². The van der Waals surface area contributed by atoms with Crippen LogP contribution in [0.2, 0.25) is 0 Å². The maximum Gasteiger partial charge on any atom is 0.472 e. The molecule has 2 atom stereocenters. The van der Waals surface area contributed by atoms with Gasteiger partial charge in [0.25, 0.3) is 0 Å². The van der Waals surface area contributed by atoms with Gasteiger partial charge in [0.1, 0.15) is 6.61 Å². The highest BCUT2D eigenvalue weighted by Gasteiger charge is 2.26. The van der Waals surface area contributed by atoms with E-state index in [0.29, 0.717) is 6.42 Å². The van der Waals surface area contributed by atoms with Gasteiger partial charge < -0.3 is 20.1 Å². The maximum absolute atomic E-state index is 12.6. The van der Waals surface area contributed by atoms with Crippen molar-refractivity contribution in [1.82, 2.24) is 0 Å². The Morgan fingerprint density at radius 2 is 0.847 bits per heavy atom. The Hall–Kier alpha value is -1.25. The number of unbranched alkanes of at least 4 members (excludes halogenated alkanes) is 33. The van der Waals surface area contributed by atoms with E-state index in [9.17, 15) is 19.0 Å². The first kappa shape index (κ1) is 57.8. The zero-order valence-electron chi connectivity index (χ0n) is 38.8. The van der Waals surface area contributed by atoms with Crippen LogP contribution in [0.1, 0.15) is 258 Å². The Kier molecular flexibility index (Phi) is 45.3. The van der Waals surface area contributed by atoms with Gasteiger partial charge in [-0.25, -0.2) is 4.57 Å². The summed E-state index contributed by atoms with van der Waals surface area (Å²) in [5, 5.41) is 0. The lowest BCUT2D eigenvalue weighted by atomic mass is 10.0. The van der Waals surface area contributed by atoms with Gasteiger partial charge in [-0.2, -0.15) is 0 Å². The standard InChI is InChI=1S/C49H96NO8P/c1-3-5-7-9-11-13-15-16-17-18-19-20-21-22-23-24-25-26-27-28-29-30-32-33-35-37-39-41-48(51)55-45-47(46-57-59(53,54)56-44-43-50)58-49(52)42-40-38-36-34-31-14-12-10-8-6-4-2/h10,12,47H,3-9,11,13-46,50H2,1-2H3,(H,53,54)/b12-10-. The lowest BCUT2D eigenvalue weighted by Crippen LogP contribution is -2.29. The molecular weight excluding hydrogens is 762 g/mol. The number of nitrogens with two attached hydrogens (primary N) is 1. The summed E-state index contributed by atoms with van der Waals surface area (Å²) in [5.74, 6) is -0.827. The van der Waals surface area contributed by atoms with Crippen molar-refractivity contribution in [3.05, 3.63) is 12.2 Å². The van der Waals surface area contributed by atoms with Crippen molar-refractivity contribution in [2.75, 3.05) is 26.4 Å². The molecule has 0 fully saturated rings. The average Bonchev–Trinajstić information content (AvgIpc) is 3.22. The van der Waals surface area contributed by atoms with Gasteiger partial charge in [0, 0.05) is 19.4 Å². The quantitative estimate of drug-likeness (QED) is 0.0265. The first-order valence-electron chi connectivity index (χ1n) is 25.2. The average molecular weight is 858 g/mol. The molecule has 9 nitrogen and oxygen atoms in total. The molecule has 3 N–H and O–H groups in total. The Morgan fingerprint density at radius 1 is 0.492 bits per heavy atom. The van der Waals surface area contributed by atoms with Gasteiger partial charge in [0.05, 0.1) is 13.2 Å². The molecule has 0 aromatic rings. The smallest absolute Gasteiger partial charge is 0.462 e. The predicted molar refractivity (Wildman–Crippen MR) is 248 cm³/mol. The highest BCUT2D eigenvalue weighted by molar-refractivity contribution is 7.47. The zero-order valence-corrected chi connectivity index (χ0v) is 39.7. The second kappa shape index (κ2) is 46.3. The van der Waals surface area contributed by atoms with Gasteiger partial charge >= 0.3 is 19.8 Å². The number of hydrogen-bond donors (Lipinski definition) is 2. The summed E-state index contributed by atoms with van der Waals surface area (Å²) in [6.07, 6.45) is 49.9. The fourth-order valence-corrected chi connectivity index (χ4v) is 8.15. The highest BCUT2D eigenvalue weighted by Crippen LogP contribution is 2.43. The molecule has 0 saturated heterocycles. The molecular formula is C49H96NO8P. The van der Waals surface area contributed by atoms with E-state index in [1.54, 1.807) is 0 Å². The molecule has 0 heterocycles. The Balaban J connectivity index is 3.86. The highest BCUT2D eigenvalue weighted by atomic mass is 31.2. The molecule has 0 rings (SSSR count). The fourth-order valence-electron chi connectivity index (χ4n) is 7.38. The predicted octanol–water partition coefficient (Wildman–Crippen LogP) is 15.0. The molecule has 0 aliphatic carbocycles. The lowest BCUT2D eigenvalue weighted by molar-refractivity contribution is -0.161. The second-order valence-electron chi connectivity index (χ2n) is 17.0. The van der Waals surface area contributed by atoms with Crippen LogP contribution in [-0.4, -0.2) is 49.3 Å². The minimum atomic E-state index is -4.37. The number of phosphoric acid groups is 1. The van der Waals surface area contributed by atoms with Crippen molar-refractivity contribution < 1.29 is 37.6 Å². The largest absolute Gasteiger partial charge is 0.472 e. The van der Waals surface area contributed by atoms with Crippen molar-refractivity contribution in [3.8, 4) is 0 Å². The third-order valence-electron chi connectivity index (χ3n) is 11.2. The Labute approximate surface area is 364 Å². The first-order chi connectivity index (χ1) is 28.8. The van der Waals surface area contributed by atoms with Gasteiger partial charge in [0.15, 0.2) is 6.10 Å². The van der Waals surface area contributed by atoms with E-state index in [1.807, 2.05) is 0 Å². The number of esters is 2. The maximum atomic E-state index is 12.6. The van der Waals surface area contributed by atoms with Crippen LogP contribution in [0.25, 0.3) is 0 Å². The van der Waals surface area contributed by atoms with Gasteiger partial charge in [0.2, 0.25) is 0 Å². The molecule has 2 unspecified atom stereocenters. The van der Waals surface area contributed by atoms with Crippen LogP contribution in [-0.2, 0) is 32.7 Å². The third-order valence-corrected chi connectivity index (χ3v) is 12.1. The van der Waals surface area contributed by atoms with Crippen molar-refractivity contribution >= 4 is 19.8 Å². The second-order valence-corrected chi connectivity index (χ2v) is 18.5. The summed E-state index contributed by atoms with van der Waals surface area (Å²) in [6.45, 7) is 3.72. The van der Waals surface area contributed by atoms with E-state index in [2.05, 4.69) is 26.0 Å². The Bertz CT molecular complexity index is 980. The topological polar surface area (TPSA) is 134 Å².